The number of rotatable bonds is 2. The van der Waals surface area contributed by atoms with Gasteiger partial charge in [-0.25, -0.2) is 9.36 Å². The third-order valence-electron chi connectivity index (χ3n) is 4.02. The molecule has 0 saturated carbocycles. The van der Waals surface area contributed by atoms with Crippen LogP contribution in [0.4, 0.5) is 26.3 Å². The van der Waals surface area contributed by atoms with Crippen molar-refractivity contribution in [2.75, 3.05) is 0 Å². The molecule has 4 rings (SSSR count). The van der Waals surface area contributed by atoms with Gasteiger partial charge in [0.1, 0.15) is 22.9 Å². The number of phenolic OH excluding ortho intramolecular Hbond substituents is 2. The average molecular weight is 456 g/mol. The zero-order valence-corrected chi connectivity index (χ0v) is 15.9. The van der Waals surface area contributed by atoms with E-state index >= 15 is 0 Å². The van der Waals surface area contributed by atoms with Gasteiger partial charge in [0.25, 0.3) is 0 Å². The van der Waals surface area contributed by atoms with E-state index in [9.17, 15) is 36.6 Å². The molecule has 0 aliphatic heterocycles. The van der Waals surface area contributed by atoms with Gasteiger partial charge in [-0.1, -0.05) is 24.3 Å². The van der Waals surface area contributed by atoms with Crippen molar-refractivity contribution in [3.63, 3.8) is 0 Å². The molecule has 4 aromatic rings. The number of nitrogens with zero attached hydrogens (tertiary/aromatic N) is 4. The third-order valence-corrected chi connectivity index (χ3v) is 4.02. The largest absolute Gasteiger partial charge is 0.506 e. The van der Waals surface area contributed by atoms with E-state index in [1.165, 1.54) is 24.3 Å². The van der Waals surface area contributed by atoms with Crippen LogP contribution in [0.5, 0.6) is 11.5 Å². The van der Waals surface area contributed by atoms with Gasteiger partial charge in [-0.05, 0) is 36.4 Å². The summed E-state index contributed by atoms with van der Waals surface area (Å²) in [5, 5.41) is 25.6. The number of alkyl halides is 6. The van der Waals surface area contributed by atoms with E-state index in [-0.39, 0.29) is 22.9 Å². The normalized spacial score (nSPS) is 11.7. The summed E-state index contributed by atoms with van der Waals surface area (Å²) in [6.45, 7) is 0. The van der Waals surface area contributed by atoms with Crippen molar-refractivity contribution in [2.24, 2.45) is 0 Å². The molecule has 12 heteroatoms. The summed E-state index contributed by atoms with van der Waals surface area (Å²) in [5.41, 5.74) is -1.57. The number of benzene rings is 2. The maximum Gasteiger partial charge on any atom is 0.435 e. The Labute approximate surface area is 176 Å². The number of para-hydroxylation sites is 4. The fourth-order valence-electron chi connectivity index (χ4n) is 2.53. The molecule has 0 amide bonds. The van der Waals surface area contributed by atoms with Crippen molar-refractivity contribution < 1.29 is 36.6 Å². The van der Waals surface area contributed by atoms with Crippen LogP contribution in [0, 0.1) is 0 Å². The van der Waals surface area contributed by atoms with Gasteiger partial charge < -0.3 is 10.2 Å². The smallest absolute Gasteiger partial charge is 0.435 e. The lowest BCUT2D eigenvalue weighted by Gasteiger charge is -2.04. The highest BCUT2D eigenvalue weighted by atomic mass is 19.4. The highest BCUT2D eigenvalue weighted by Gasteiger charge is 2.34. The summed E-state index contributed by atoms with van der Waals surface area (Å²) in [7, 11) is 0. The summed E-state index contributed by atoms with van der Waals surface area (Å²) < 4.78 is 75.6. The molecule has 168 valence electrons. The van der Waals surface area contributed by atoms with Crippen LogP contribution < -0.4 is 0 Å². The molecular weight excluding hydrogens is 442 g/mol. The first-order valence-corrected chi connectivity index (χ1v) is 8.79. The summed E-state index contributed by atoms with van der Waals surface area (Å²) in [5.74, 6) is -0.251. The van der Waals surface area contributed by atoms with Gasteiger partial charge in [0, 0.05) is 12.4 Å². The number of hydrogen-bond donors (Lipinski definition) is 2. The Morgan fingerprint density at radius 2 is 0.906 bits per heavy atom. The van der Waals surface area contributed by atoms with Gasteiger partial charge in [-0.15, -0.1) is 0 Å². The number of halogens is 6. The van der Waals surface area contributed by atoms with Crippen LogP contribution in [0.3, 0.4) is 0 Å². The van der Waals surface area contributed by atoms with Crippen LogP contribution in [-0.2, 0) is 12.4 Å². The molecule has 0 saturated heterocycles. The Bertz CT molecular complexity index is 1100. The number of aromatic nitrogens is 4. The Morgan fingerprint density at radius 1 is 0.562 bits per heavy atom. The summed E-state index contributed by atoms with van der Waals surface area (Å²) in [6.07, 6.45) is -6.65. The van der Waals surface area contributed by atoms with Crippen LogP contribution >= 0.6 is 0 Å². The maximum atomic E-state index is 12.3. The van der Waals surface area contributed by atoms with E-state index in [2.05, 4.69) is 10.2 Å². The summed E-state index contributed by atoms with van der Waals surface area (Å²) in [6, 6.07) is 13.8. The van der Waals surface area contributed by atoms with Gasteiger partial charge in [0.2, 0.25) is 0 Å². The maximum absolute atomic E-state index is 12.3. The molecule has 0 spiro atoms. The summed E-state index contributed by atoms with van der Waals surface area (Å²) in [4.78, 5) is 0. The van der Waals surface area contributed by atoms with E-state index < -0.39 is 23.7 Å². The molecule has 0 fully saturated rings. The van der Waals surface area contributed by atoms with E-state index in [4.69, 9.17) is 0 Å². The zero-order valence-electron chi connectivity index (χ0n) is 15.9. The number of hydrogen-bond acceptors (Lipinski definition) is 4. The molecule has 0 unspecified atom stereocenters. The SMILES string of the molecule is Oc1ccccc1-n1ccc(C(F)(F)F)n1.Oc1ccccc1-n1ccc(C(F)(F)F)n1. The fourth-order valence-corrected chi connectivity index (χ4v) is 2.53. The molecule has 0 aliphatic rings. The minimum absolute atomic E-state index is 0.126. The number of aromatic hydroxyl groups is 2. The monoisotopic (exact) mass is 456 g/mol. The second-order valence-electron chi connectivity index (χ2n) is 6.26. The van der Waals surface area contributed by atoms with Crippen LogP contribution in [0.15, 0.2) is 73.1 Å². The lowest BCUT2D eigenvalue weighted by atomic mass is 10.3. The molecule has 32 heavy (non-hydrogen) atoms. The topological polar surface area (TPSA) is 76.1 Å². The Morgan fingerprint density at radius 3 is 1.19 bits per heavy atom. The van der Waals surface area contributed by atoms with Crippen LogP contribution in [0.1, 0.15) is 11.4 Å². The molecule has 0 aliphatic carbocycles. The molecule has 2 aromatic carbocycles. The molecule has 0 radical (unpaired) electrons. The van der Waals surface area contributed by atoms with Gasteiger partial charge in [-0.2, -0.15) is 36.5 Å². The first kappa shape index (κ1) is 22.7. The van der Waals surface area contributed by atoms with Crippen molar-refractivity contribution in [3.05, 3.63) is 84.4 Å². The second-order valence-corrected chi connectivity index (χ2v) is 6.26. The van der Waals surface area contributed by atoms with Crippen molar-refractivity contribution in [1.29, 1.82) is 0 Å². The van der Waals surface area contributed by atoms with Crippen LogP contribution in [0.25, 0.3) is 11.4 Å². The van der Waals surface area contributed by atoms with Crippen molar-refractivity contribution in [2.45, 2.75) is 12.4 Å². The first-order valence-electron chi connectivity index (χ1n) is 8.79. The van der Waals surface area contributed by atoms with E-state index in [1.807, 2.05) is 0 Å². The zero-order chi connectivity index (χ0) is 23.5. The van der Waals surface area contributed by atoms with Crippen LogP contribution in [0.2, 0.25) is 0 Å². The van der Waals surface area contributed by atoms with Crippen molar-refractivity contribution in [1.82, 2.24) is 19.6 Å². The number of phenols is 2. The van der Waals surface area contributed by atoms with E-state index in [0.29, 0.717) is 0 Å². The van der Waals surface area contributed by atoms with Gasteiger partial charge in [0.15, 0.2) is 11.4 Å². The molecule has 2 heterocycles. The van der Waals surface area contributed by atoms with E-state index in [1.54, 1.807) is 24.3 Å². The minimum atomic E-state index is -4.48. The highest BCUT2D eigenvalue weighted by Crippen LogP contribution is 2.30. The molecular formula is C20H14F6N4O2. The standard InChI is InChI=1S/2C10H7F3N2O/c2*11-10(12,13)9-5-6-15(14-9)7-3-1-2-4-8(7)16/h2*1-6,16H. The molecule has 2 N–H and O–H groups in total. The van der Waals surface area contributed by atoms with Gasteiger partial charge in [0.05, 0.1) is 0 Å². The van der Waals surface area contributed by atoms with E-state index in [0.717, 1.165) is 33.9 Å². The Hall–Kier alpha value is -3.96. The predicted molar refractivity (Wildman–Crippen MR) is 100 cm³/mol. The van der Waals surface area contributed by atoms with Crippen molar-refractivity contribution in [3.8, 4) is 22.9 Å². The lowest BCUT2D eigenvalue weighted by molar-refractivity contribution is -0.142. The predicted octanol–water partition coefficient (Wildman–Crippen LogP) is 5.19. The van der Waals surface area contributed by atoms with Crippen LogP contribution in [-0.4, -0.2) is 29.8 Å². The molecule has 0 atom stereocenters. The van der Waals surface area contributed by atoms with Crippen molar-refractivity contribution >= 4 is 0 Å². The van der Waals surface area contributed by atoms with Gasteiger partial charge in [-0.3, -0.25) is 0 Å². The second kappa shape index (κ2) is 8.65. The Balaban J connectivity index is 0.000000181. The average Bonchev–Trinajstić information content (AvgIpc) is 3.39. The minimum Gasteiger partial charge on any atom is -0.506 e. The lowest BCUT2D eigenvalue weighted by Crippen LogP contribution is -2.07. The third kappa shape index (κ3) is 5.20. The first-order chi connectivity index (χ1) is 15.0. The summed E-state index contributed by atoms with van der Waals surface area (Å²) >= 11 is 0. The quantitative estimate of drug-likeness (QED) is 0.407. The molecule has 2 aromatic heterocycles. The highest BCUT2D eigenvalue weighted by molar-refractivity contribution is 5.45. The Kier molecular flexibility index (Phi) is 6.14. The fraction of sp³-hybridized carbons (Fsp3) is 0.100. The molecule has 0 bridgehead atoms. The molecule has 6 nitrogen and oxygen atoms in total. The van der Waals surface area contributed by atoms with Gasteiger partial charge >= 0.3 is 12.4 Å².